The van der Waals surface area contributed by atoms with Gasteiger partial charge in [-0.2, -0.15) is 0 Å². The highest BCUT2D eigenvalue weighted by Gasteiger charge is 2.30. The van der Waals surface area contributed by atoms with Crippen molar-refractivity contribution in [3.05, 3.63) is 16.7 Å². The lowest BCUT2D eigenvalue weighted by molar-refractivity contribution is 0.0205. The van der Waals surface area contributed by atoms with Crippen molar-refractivity contribution in [3.8, 4) is 16.5 Å². The number of piperidine rings is 1. The number of thiazole rings is 2. The van der Waals surface area contributed by atoms with Crippen LogP contribution in [0.2, 0.25) is 0 Å². The molecule has 0 bridgehead atoms. The van der Waals surface area contributed by atoms with Crippen LogP contribution in [0.4, 0.5) is 9.93 Å². The third kappa shape index (κ3) is 5.78. The van der Waals surface area contributed by atoms with Crippen LogP contribution < -0.4 is 9.64 Å². The molecule has 1 fully saturated rings. The van der Waals surface area contributed by atoms with Crippen molar-refractivity contribution in [1.82, 2.24) is 19.9 Å². The highest BCUT2D eigenvalue weighted by Crippen LogP contribution is 2.39. The van der Waals surface area contributed by atoms with Crippen LogP contribution >= 0.6 is 38.6 Å². The molecule has 1 amide bonds. The number of carbonyl (C=O) groups is 1. The molecule has 0 aromatic carbocycles. The quantitative estimate of drug-likeness (QED) is 0.364. The Labute approximate surface area is 215 Å². The molecule has 3 aromatic rings. The van der Waals surface area contributed by atoms with Crippen LogP contribution in [0, 0.1) is 0 Å². The third-order valence-corrected chi connectivity index (χ3v) is 7.84. The SMILES string of the molecule is COCOc1cc(Br)cnc1-c1nc2sc(N(C)C3CCN(C(=O)OC(C)(C)C)CC3)nc2s1. The zero-order valence-corrected chi connectivity index (χ0v) is 23.1. The van der Waals surface area contributed by atoms with Crippen molar-refractivity contribution < 1.29 is 19.0 Å². The Morgan fingerprint density at radius 3 is 2.59 bits per heavy atom. The standard InChI is InChI=1S/C22H28BrN5O4S2/c1-22(2,3)32-21(29)28-8-6-14(7-9-28)27(4)20-26-19-18(34-20)25-17(33-19)16-15(31-12-30-5)10-13(23)11-24-16/h10-11,14H,6-9,12H2,1-5H3. The van der Waals surface area contributed by atoms with E-state index in [1.54, 1.807) is 29.5 Å². The molecule has 184 valence electrons. The van der Waals surface area contributed by atoms with Gasteiger partial charge in [-0.3, -0.25) is 0 Å². The summed E-state index contributed by atoms with van der Waals surface area (Å²) in [6, 6.07) is 2.16. The van der Waals surface area contributed by atoms with Crippen LogP contribution in [0.1, 0.15) is 33.6 Å². The van der Waals surface area contributed by atoms with Gasteiger partial charge in [0.1, 0.15) is 16.3 Å². The van der Waals surface area contributed by atoms with Gasteiger partial charge < -0.3 is 24.0 Å². The van der Waals surface area contributed by atoms with E-state index >= 15 is 0 Å². The first-order valence-electron chi connectivity index (χ1n) is 10.9. The maximum absolute atomic E-state index is 12.3. The van der Waals surface area contributed by atoms with E-state index in [2.05, 4.69) is 32.9 Å². The second-order valence-corrected chi connectivity index (χ2v) is 11.8. The van der Waals surface area contributed by atoms with Crippen LogP contribution in [-0.2, 0) is 9.47 Å². The molecule has 0 radical (unpaired) electrons. The molecular formula is C22H28BrN5O4S2. The second-order valence-electron chi connectivity index (χ2n) is 8.99. The highest BCUT2D eigenvalue weighted by molar-refractivity contribution is 9.10. The lowest BCUT2D eigenvalue weighted by atomic mass is 10.0. The zero-order chi connectivity index (χ0) is 24.5. The Morgan fingerprint density at radius 1 is 1.24 bits per heavy atom. The van der Waals surface area contributed by atoms with Gasteiger partial charge in [-0.15, -0.1) is 0 Å². The van der Waals surface area contributed by atoms with E-state index in [-0.39, 0.29) is 12.9 Å². The Balaban J connectivity index is 1.44. The van der Waals surface area contributed by atoms with Gasteiger partial charge in [0, 0.05) is 44.0 Å². The van der Waals surface area contributed by atoms with Crippen LogP contribution in [0.5, 0.6) is 5.75 Å². The minimum atomic E-state index is -0.481. The number of likely N-dealkylation sites (tertiary alicyclic amines) is 1. The van der Waals surface area contributed by atoms with Gasteiger partial charge in [0.15, 0.2) is 27.3 Å². The van der Waals surface area contributed by atoms with E-state index in [1.165, 1.54) is 11.3 Å². The first kappa shape index (κ1) is 25.1. The number of carbonyl (C=O) groups excluding carboxylic acids is 1. The first-order valence-corrected chi connectivity index (χ1v) is 13.3. The van der Waals surface area contributed by atoms with E-state index in [9.17, 15) is 4.79 Å². The molecule has 4 rings (SSSR count). The summed E-state index contributed by atoms with van der Waals surface area (Å²) in [5.41, 5.74) is 0.186. The average molecular weight is 571 g/mol. The predicted octanol–water partition coefficient (Wildman–Crippen LogP) is 5.40. The number of hydrogen-bond acceptors (Lipinski definition) is 10. The number of methoxy groups -OCH3 is 1. The molecule has 0 unspecified atom stereocenters. The summed E-state index contributed by atoms with van der Waals surface area (Å²) in [4.78, 5) is 32.2. The number of anilines is 1. The van der Waals surface area contributed by atoms with Gasteiger partial charge >= 0.3 is 6.09 Å². The van der Waals surface area contributed by atoms with E-state index in [0.717, 1.165) is 37.1 Å². The summed E-state index contributed by atoms with van der Waals surface area (Å²) >= 11 is 6.49. The summed E-state index contributed by atoms with van der Waals surface area (Å²) in [6.07, 6.45) is 3.21. The van der Waals surface area contributed by atoms with Gasteiger partial charge in [-0.05, 0) is 55.6 Å². The lowest BCUT2D eigenvalue weighted by Gasteiger charge is -2.37. The van der Waals surface area contributed by atoms with Gasteiger partial charge in [0.25, 0.3) is 0 Å². The Hall–Kier alpha value is -2.02. The maximum atomic E-state index is 12.3. The third-order valence-electron chi connectivity index (χ3n) is 5.28. The molecule has 0 N–H and O–H groups in total. The molecule has 1 aliphatic heterocycles. The summed E-state index contributed by atoms with van der Waals surface area (Å²) in [6.45, 7) is 7.14. The summed E-state index contributed by atoms with van der Waals surface area (Å²) in [7, 11) is 3.64. The van der Waals surface area contributed by atoms with Gasteiger partial charge in [-0.25, -0.2) is 19.7 Å². The van der Waals surface area contributed by atoms with E-state index in [0.29, 0.717) is 30.6 Å². The summed E-state index contributed by atoms with van der Waals surface area (Å²) < 4.78 is 17.0. The molecular weight excluding hydrogens is 542 g/mol. The van der Waals surface area contributed by atoms with Crippen molar-refractivity contribution in [2.45, 2.75) is 45.3 Å². The van der Waals surface area contributed by atoms with Crippen LogP contribution in [0.15, 0.2) is 16.7 Å². The average Bonchev–Trinajstić information content (AvgIpc) is 3.35. The number of amides is 1. The van der Waals surface area contributed by atoms with E-state index in [1.807, 2.05) is 26.8 Å². The topological polar surface area (TPSA) is 89.9 Å². The van der Waals surface area contributed by atoms with Gasteiger partial charge in [0.2, 0.25) is 0 Å². The van der Waals surface area contributed by atoms with Crippen LogP contribution in [-0.4, -0.2) is 71.6 Å². The largest absolute Gasteiger partial charge is 0.465 e. The highest BCUT2D eigenvalue weighted by atomic mass is 79.9. The molecule has 9 nitrogen and oxygen atoms in total. The minimum absolute atomic E-state index is 0.130. The molecule has 1 aliphatic rings. The number of rotatable bonds is 6. The fourth-order valence-corrected chi connectivity index (χ4v) is 6.00. The van der Waals surface area contributed by atoms with Crippen molar-refractivity contribution in [2.75, 3.05) is 38.9 Å². The number of fused-ring (bicyclic) bond motifs is 1. The van der Waals surface area contributed by atoms with E-state index < -0.39 is 5.60 Å². The number of aromatic nitrogens is 3. The first-order chi connectivity index (χ1) is 16.1. The summed E-state index contributed by atoms with van der Waals surface area (Å²) in [5.74, 6) is 0.603. The number of nitrogens with zero attached hydrogens (tertiary/aromatic N) is 5. The van der Waals surface area contributed by atoms with Crippen molar-refractivity contribution in [1.29, 1.82) is 0 Å². The number of halogens is 1. The minimum Gasteiger partial charge on any atom is -0.465 e. The molecule has 34 heavy (non-hydrogen) atoms. The van der Waals surface area contributed by atoms with Crippen LogP contribution in [0.25, 0.3) is 20.4 Å². The fraction of sp³-hybridized carbons (Fsp3) is 0.545. The lowest BCUT2D eigenvalue weighted by Crippen LogP contribution is -2.47. The molecule has 0 atom stereocenters. The smallest absolute Gasteiger partial charge is 0.410 e. The number of pyridine rings is 1. The molecule has 1 saturated heterocycles. The zero-order valence-electron chi connectivity index (χ0n) is 19.8. The maximum Gasteiger partial charge on any atom is 0.410 e. The Kier molecular flexibility index (Phi) is 7.60. The van der Waals surface area contributed by atoms with E-state index in [4.69, 9.17) is 24.2 Å². The van der Waals surface area contributed by atoms with Crippen molar-refractivity contribution in [2.24, 2.45) is 0 Å². The second kappa shape index (κ2) is 10.3. The Bertz CT molecular complexity index is 1120. The number of ether oxygens (including phenoxy) is 3. The van der Waals surface area contributed by atoms with Crippen molar-refractivity contribution in [3.63, 3.8) is 0 Å². The molecule has 3 aromatic heterocycles. The summed E-state index contributed by atoms with van der Waals surface area (Å²) in [5, 5.41) is 1.68. The van der Waals surface area contributed by atoms with Gasteiger partial charge in [0.05, 0.1) is 0 Å². The van der Waals surface area contributed by atoms with Crippen molar-refractivity contribution >= 4 is 59.5 Å². The molecule has 0 saturated carbocycles. The predicted molar refractivity (Wildman–Crippen MR) is 138 cm³/mol. The Morgan fingerprint density at radius 2 is 1.94 bits per heavy atom. The molecule has 4 heterocycles. The molecule has 12 heteroatoms. The fourth-order valence-electron chi connectivity index (χ4n) is 3.62. The van der Waals surface area contributed by atoms with Gasteiger partial charge in [-0.1, -0.05) is 22.7 Å². The molecule has 0 aliphatic carbocycles. The monoisotopic (exact) mass is 569 g/mol. The normalized spacial score (nSPS) is 15.1. The molecule has 0 spiro atoms. The number of hydrogen-bond donors (Lipinski definition) is 0. The van der Waals surface area contributed by atoms with Crippen LogP contribution in [0.3, 0.4) is 0 Å².